The molecule has 0 radical (unpaired) electrons. The standard InChI is InChI=1S/C26H27NO5S/c1-31-25(28)24-18-23(32-33(2,29)30)19-27(24)26(20-12-6-3-7-13-20,21-14-8-4-9-15-21)22-16-10-5-11-17-22/h3-17,23-24H,18-19H2,1-2H3/t23-,24-/m0/s1. The third-order valence-corrected chi connectivity index (χ3v) is 6.67. The van der Waals surface area contributed by atoms with Crippen LogP contribution in [0.5, 0.6) is 0 Å². The van der Waals surface area contributed by atoms with Crippen molar-refractivity contribution in [1.29, 1.82) is 0 Å². The summed E-state index contributed by atoms with van der Waals surface area (Å²) in [6.07, 6.45) is 0.551. The van der Waals surface area contributed by atoms with Gasteiger partial charge in [0, 0.05) is 13.0 Å². The molecule has 2 atom stereocenters. The average Bonchev–Trinajstić information content (AvgIpc) is 3.23. The molecule has 3 aromatic carbocycles. The van der Waals surface area contributed by atoms with Crippen molar-refractivity contribution in [2.24, 2.45) is 0 Å². The Morgan fingerprint density at radius 1 is 0.848 bits per heavy atom. The lowest BCUT2D eigenvalue weighted by molar-refractivity contribution is -0.147. The molecule has 0 N–H and O–H groups in total. The summed E-state index contributed by atoms with van der Waals surface area (Å²) in [5, 5.41) is 0. The van der Waals surface area contributed by atoms with Gasteiger partial charge in [0.2, 0.25) is 0 Å². The lowest BCUT2D eigenvalue weighted by Gasteiger charge is -2.45. The fourth-order valence-electron chi connectivity index (χ4n) is 4.88. The Balaban J connectivity index is 2.00. The number of likely N-dealkylation sites (tertiary alicyclic amines) is 1. The highest BCUT2D eigenvalue weighted by Crippen LogP contribution is 2.46. The molecule has 0 aromatic heterocycles. The van der Waals surface area contributed by atoms with Crippen molar-refractivity contribution in [2.45, 2.75) is 24.1 Å². The van der Waals surface area contributed by atoms with Gasteiger partial charge in [-0.05, 0) is 16.7 Å². The van der Waals surface area contributed by atoms with E-state index in [1.54, 1.807) is 0 Å². The molecule has 0 saturated carbocycles. The topological polar surface area (TPSA) is 72.9 Å². The van der Waals surface area contributed by atoms with Crippen LogP contribution in [0.2, 0.25) is 0 Å². The Kier molecular flexibility index (Phi) is 6.65. The second-order valence-electron chi connectivity index (χ2n) is 8.16. The maximum atomic E-state index is 13.0. The van der Waals surface area contributed by atoms with Gasteiger partial charge in [0.05, 0.1) is 25.0 Å². The first-order chi connectivity index (χ1) is 15.9. The summed E-state index contributed by atoms with van der Waals surface area (Å²) < 4.78 is 34.4. The molecule has 1 saturated heterocycles. The van der Waals surface area contributed by atoms with E-state index >= 15 is 0 Å². The van der Waals surface area contributed by atoms with E-state index in [1.165, 1.54) is 7.11 Å². The third kappa shape index (κ3) is 4.57. The molecule has 1 aliphatic rings. The molecule has 3 aromatic rings. The van der Waals surface area contributed by atoms with E-state index in [0.29, 0.717) is 0 Å². The molecule has 0 amide bonds. The summed E-state index contributed by atoms with van der Waals surface area (Å²) in [6, 6.07) is 29.1. The minimum absolute atomic E-state index is 0.202. The molecule has 0 bridgehead atoms. The SMILES string of the molecule is COC(=O)[C@@H]1C[C@H](OS(C)(=O)=O)CN1C(c1ccccc1)(c1ccccc1)c1ccccc1. The number of ether oxygens (including phenoxy) is 1. The van der Waals surface area contributed by atoms with Gasteiger partial charge in [0.1, 0.15) is 6.04 Å². The van der Waals surface area contributed by atoms with Gasteiger partial charge in [0.25, 0.3) is 10.1 Å². The largest absolute Gasteiger partial charge is 0.468 e. The lowest BCUT2D eigenvalue weighted by Crippen LogP contribution is -2.53. The zero-order valence-corrected chi connectivity index (χ0v) is 19.4. The Morgan fingerprint density at radius 3 is 1.64 bits per heavy atom. The van der Waals surface area contributed by atoms with Gasteiger partial charge in [0.15, 0.2) is 0 Å². The summed E-state index contributed by atoms with van der Waals surface area (Å²) >= 11 is 0. The number of esters is 1. The van der Waals surface area contributed by atoms with Crippen LogP contribution in [0.4, 0.5) is 0 Å². The smallest absolute Gasteiger partial charge is 0.323 e. The third-order valence-electron chi connectivity index (χ3n) is 6.05. The number of nitrogens with zero attached hydrogens (tertiary/aromatic N) is 1. The van der Waals surface area contributed by atoms with Crippen molar-refractivity contribution in [3.63, 3.8) is 0 Å². The maximum Gasteiger partial charge on any atom is 0.323 e. The van der Waals surface area contributed by atoms with E-state index in [9.17, 15) is 13.2 Å². The Hall–Kier alpha value is -3.00. The second kappa shape index (κ2) is 9.47. The summed E-state index contributed by atoms with van der Waals surface area (Å²) in [5.41, 5.74) is 1.99. The molecule has 1 aliphatic heterocycles. The van der Waals surface area contributed by atoms with Crippen molar-refractivity contribution in [1.82, 2.24) is 4.90 Å². The fraction of sp³-hybridized carbons (Fsp3) is 0.269. The lowest BCUT2D eigenvalue weighted by atomic mass is 9.75. The summed E-state index contributed by atoms with van der Waals surface area (Å²) in [6.45, 7) is 0.228. The van der Waals surface area contributed by atoms with Crippen molar-refractivity contribution < 1.29 is 22.1 Å². The predicted molar refractivity (Wildman–Crippen MR) is 126 cm³/mol. The van der Waals surface area contributed by atoms with Crippen LogP contribution in [0.15, 0.2) is 91.0 Å². The minimum Gasteiger partial charge on any atom is -0.468 e. The summed E-state index contributed by atoms with van der Waals surface area (Å²) in [7, 11) is -2.36. The Bertz CT molecular complexity index is 1090. The molecule has 1 heterocycles. The average molecular weight is 466 g/mol. The highest BCUT2D eigenvalue weighted by atomic mass is 32.2. The van der Waals surface area contributed by atoms with Gasteiger partial charge >= 0.3 is 5.97 Å². The van der Waals surface area contributed by atoms with E-state index in [4.69, 9.17) is 8.92 Å². The minimum atomic E-state index is -3.70. The van der Waals surface area contributed by atoms with Crippen LogP contribution in [0.3, 0.4) is 0 Å². The molecule has 6 nitrogen and oxygen atoms in total. The zero-order chi connectivity index (χ0) is 23.5. The van der Waals surface area contributed by atoms with Gasteiger partial charge in [-0.2, -0.15) is 8.42 Å². The number of hydrogen-bond donors (Lipinski definition) is 0. The first-order valence-corrected chi connectivity index (χ1v) is 12.6. The van der Waals surface area contributed by atoms with E-state index in [2.05, 4.69) is 0 Å². The van der Waals surface area contributed by atoms with Gasteiger partial charge < -0.3 is 4.74 Å². The van der Waals surface area contributed by atoms with Crippen molar-refractivity contribution in [2.75, 3.05) is 19.9 Å². The van der Waals surface area contributed by atoms with Crippen LogP contribution in [0.1, 0.15) is 23.1 Å². The van der Waals surface area contributed by atoms with Gasteiger partial charge in [-0.1, -0.05) is 91.0 Å². The second-order valence-corrected chi connectivity index (χ2v) is 9.76. The van der Waals surface area contributed by atoms with Crippen molar-refractivity contribution >= 4 is 16.1 Å². The fourth-order valence-corrected chi connectivity index (χ4v) is 5.51. The first-order valence-electron chi connectivity index (χ1n) is 10.8. The maximum absolute atomic E-state index is 13.0. The molecule has 4 rings (SSSR count). The van der Waals surface area contributed by atoms with E-state index in [0.717, 1.165) is 22.9 Å². The number of rotatable bonds is 7. The Labute approximate surface area is 194 Å². The van der Waals surface area contributed by atoms with Crippen molar-refractivity contribution in [3.8, 4) is 0 Å². The van der Waals surface area contributed by atoms with Gasteiger partial charge in [-0.3, -0.25) is 13.9 Å². The number of methoxy groups -OCH3 is 1. The highest BCUT2D eigenvalue weighted by molar-refractivity contribution is 7.86. The number of carbonyl (C=O) groups is 1. The number of benzene rings is 3. The number of hydrogen-bond acceptors (Lipinski definition) is 6. The normalized spacial score (nSPS) is 19.3. The summed E-state index contributed by atoms with van der Waals surface area (Å²) in [5.74, 6) is -0.429. The summed E-state index contributed by atoms with van der Waals surface area (Å²) in [4.78, 5) is 15.0. The highest BCUT2D eigenvalue weighted by Gasteiger charge is 2.52. The predicted octanol–water partition coefficient (Wildman–Crippen LogP) is 3.57. The molecule has 7 heteroatoms. The van der Waals surface area contributed by atoms with Crippen LogP contribution in [0.25, 0.3) is 0 Å². The van der Waals surface area contributed by atoms with Crippen LogP contribution >= 0.6 is 0 Å². The molecular weight excluding hydrogens is 438 g/mol. The zero-order valence-electron chi connectivity index (χ0n) is 18.6. The van der Waals surface area contributed by atoms with E-state index in [-0.39, 0.29) is 13.0 Å². The molecule has 172 valence electrons. The van der Waals surface area contributed by atoms with E-state index in [1.807, 2.05) is 95.9 Å². The first kappa shape index (κ1) is 23.2. The van der Waals surface area contributed by atoms with Crippen LogP contribution in [0, 0.1) is 0 Å². The number of carbonyl (C=O) groups excluding carboxylic acids is 1. The molecule has 0 unspecified atom stereocenters. The monoisotopic (exact) mass is 465 g/mol. The molecule has 0 spiro atoms. The van der Waals surface area contributed by atoms with Crippen LogP contribution in [-0.2, 0) is 29.4 Å². The van der Waals surface area contributed by atoms with Gasteiger partial charge in [-0.25, -0.2) is 0 Å². The Morgan fingerprint density at radius 2 is 1.27 bits per heavy atom. The van der Waals surface area contributed by atoms with Crippen LogP contribution in [-0.4, -0.2) is 51.3 Å². The molecule has 1 fully saturated rings. The van der Waals surface area contributed by atoms with Crippen molar-refractivity contribution in [3.05, 3.63) is 108 Å². The van der Waals surface area contributed by atoms with Gasteiger partial charge in [-0.15, -0.1) is 0 Å². The van der Waals surface area contributed by atoms with E-state index < -0.39 is 33.8 Å². The molecule has 0 aliphatic carbocycles. The molecular formula is C26H27NO5S. The van der Waals surface area contributed by atoms with Crippen LogP contribution < -0.4 is 0 Å². The molecule has 33 heavy (non-hydrogen) atoms. The quantitative estimate of drug-likeness (QED) is 0.302.